The molecule has 144 valence electrons. The Labute approximate surface area is 171 Å². The molecule has 4 aromatic rings. The molecule has 0 aliphatic carbocycles. The van der Waals surface area contributed by atoms with E-state index in [-0.39, 0.29) is 6.10 Å². The van der Waals surface area contributed by atoms with Crippen molar-refractivity contribution in [2.75, 3.05) is 7.11 Å². The van der Waals surface area contributed by atoms with Gasteiger partial charge in [0, 0.05) is 18.2 Å². The van der Waals surface area contributed by atoms with Crippen molar-refractivity contribution < 1.29 is 9.47 Å². The minimum absolute atomic E-state index is 0.142. The summed E-state index contributed by atoms with van der Waals surface area (Å²) in [6.07, 6.45) is -0.142. The predicted molar refractivity (Wildman–Crippen MR) is 116 cm³/mol. The Morgan fingerprint density at radius 2 is 1.55 bits per heavy atom. The number of para-hydroxylation sites is 1. The largest absolute Gasteiger partial charge is 0.497 e. The molecule has 0 fully saturated rings. The second-order valence-electron chi connectivity index (χ2n) is 7.43. The van der Waals surface area contributed by atoms with Crippen LogP contribution in [0.1, 0.15) is 22.9 Å². The zero-order chi connectivity index (χ0) is 20.0. The number of nitrogens with zero attached hydrogens (tertiary/aromatic N) is 1. The number of aromatic nitrogens is 1. The molecule has 1 aliphatic rings. The fourth-order valence-electron chi connectivity index (χ4n) is 4.47. The van der Waals surface area contributed by atoms with Crippen LogP contribution in [-0.2, 0) is 7.05 Å². The zero-order valence-corrected chi connectivity index (χ0v) is 16.8. The molecule has 1 aliphatic heterocycles. The minimum Gasteiger partial charge on any atom is -0.497 e. The number of methoxy groups -OCH3 is 1. The third-order valence-corrected chi connectivity index (χ3v) is 5.80. The van der Waals surface area contributed by atoms with Crippen molar-refractivity contribution in [3.05, 3.63) is 95.7 Å². The van der Waals surface area contributed by atoms with Gasteiger partial charge in [-0.15, -0.1) is 0 Å². The Morgan fingerprint density at radius 3 is 2.28 bits per heavy atom. The maximum absolute atomic E-state index is 6.53. The molecule has 0 N–H and O–H groups in total. The zero-order valence-electron chi connectivity index (χ0n) is 16.8. The number of benzene rings is 3. The molecule has 5 rings (SSSR count). The van der Waals surface area contributed by atoms with Crippen LogP contribution in [0.15, 0.2) is 78.9 Å². The quantitative estimate of drug-likeness (QED) is 0.424. The van der Waals surface area contributed by atoms with Crippen molar-refractivity contribution in [1.29, 1.82) is 0 Å². The van der Waals surface area contributed by atoms with Crippen molar-refractivity contribution in [3.8, 4) is 33.9 Å². The van der Waals surface area contributed by atoms with Crippen LogP contribution in [0.4, 0.5) is 0 Å². The minimum atomic E-state index is -0.142. The number of rotatable bonds is 3. The van der Waals surface area contributed by atoms with Gasteiger partial charge >= 0.3 is 0 Å². The fraction of sp³-hybridized carbons (Fsp3) is 0.154. The molecule has 0 saturated heterocycles. The highest BCUT2D eigenvalue weighted by Crippen LogP contribution is 2.49. The van der Waals surface area contributed by atoms with Gasteiger partial charge in [0.1, 0.15) is 11.5 Å². The molecule has 29 heavy (non-hydrogen) atoms. The highest BCUT2D eigenvalue weighted by atomic mass is 16.5. The molecule has 0 spiro atoms. The lowest BCUT2D eigenvalue weighted by Crippen LogP contribution is -2.18. The molecule has 0 saturated carbocycles. The van der Waals surface area contributed by atoms with E-state index >= 15 is 0 Å². The SMILES string of the molecule is COc1ccc(-c2c(C)c3c(n2C)C(c2ccccc2)Oc2ccccc2-3)cc1. The Balaban J connectivity index is 1.77. The van der Waals surface area contributed by atoms with E-state index in [4.69, 9.17) is 9.47 Å². The monoisotopic (exact) mass is 381 g/mol. The maximum atomic E-state index is 6.53. The Morgan fingerprint density at radius 1 is 0.862 bits per heavy atom. The van der Waals surface area contributed by atoms with Gasteiger partial charge in [0.25, 0.3) is 0 Å². The van der Waals surface area contributed by atoms with Gasteiger partial charge in [-0.1, -0.05) is 48.5 Å². The third kappa shape index (κ3) is 2.73. The fourth-order valence-corrected chi connectivity index (χ4v) is 4.47. The summed E-state index contributed by atoms with van der Waals surface area (Å²) in [6.45, 7) is 2.21. The van der Waals surface area contributed by atoms with Gasteiger partial charge in [0.05, 0.1) is 18.5 Å². The van der Waals surface area contributed by atoms with Gasteiger partial charge in [0.2, 0.25) is 0 Å². The standard InChI is InChI=1S/C26H23NO2/c1-17-23-21-11-7-8-12-22(21)29-26(19-9-5-4-6-10-19)25(23)27(2)24(17)18-13-15-20(28-3)16-14-18/h4-16,26H,1-3H3. The van der Waals surface area contributed by atoms with Crippen LogP contribution in [-0.4, -0.2) is 11.7 Å². The normalized spacial score (nSPS) is 14.7. The van der Waals surface area contributed by atoms with Crippen LogP contribution in [0.2, 0.25) is 0 Å². The summed E-state index contributed by atoms with van der Waals surface area (Å²) in [7, 11) is 3.83. The number of ether oxygens (including phenoxy) is 2. The summed E-state index contributed by atoms with van der Waals surface area (Å²) < 4.78 is 14.2. The molecule has 0 radical (unpaired) electrons. The average molecular weight is 381 g/mol. The third-order valence-electron chi connectivity index (χ3n) is 5.80. The first-order chi connectivity index (χ1) is 14.2. The molecular weight excluding hydrogens is 358 g/mol. The first-order valence-corrected chi connectivity index (χ1v) is 9.83. The summed E-state index contributed by atoms with van der Waals surface area (Å²) >= 11 is 0. The molecule has 0 amide bonds. The molecule has 1 atom stereocenters. The number of fused-ring (bicyclic) bond motifs is 3. The molecule has 1 aromatic heterocycles. The van der Waals surface area contributed by atoms with Crippen LogP contribution >= 0.6 is 0 Å². The number of hydrogen-bond donors (Lipinski definition) is 0. The first-order valence-electron chi connectivity index (χ1n) is 9.83. The van der Waals surface area contributed by atoms with Crippen molar-refractivity contribution in [2.24, 2.45) is 7.05 Å². The Hall–Kier alpha value is -3.46. The molecule has 3 aromatic carbocycles. The highest BCUT2D eigenvalue weighted by molar-refractivity contribution is 5.85. The smallest absolute Gasteiger partial charge is 0.164 e. The van der Waals surface area contributed by atoms with E-state index in [9.17, 15) is 0 Å². The van der Waals surface area contributed by atoms with Crippen LogP contribution in [0.5, 0.6) is 11.5 Å². The topological polar surface area (TPSA) is 23.4 Å². The van der Waals surface area contributed by atoms with Gasteiger partial charge in [-0.05, 0) is 53.9 Å². The van der Waals surface area contributed by atoms with Gasteiger partial charge in [0.15, 0.2) is 6.10 Å². The van der Waals surface area contributed by atoms with Gasteiger partial charge in [-0.25, -0.2) is 0 Å². The van der Waals surface area contributed by atoms with Crippen molar-refractivity contribution in [2.45, 2.75) is 13.0 Å². The lowest BCUT2D eigenvalue weighted by Gasteiger charge is -2.28. The van der Waals surface area contributed by atoms with E-state index in [0.717, 1.165) is 22.6 Å². The van der Waals surface area contributed by atoms with E-state index in [1.807, 2.05) is 24.3 Å². The van der Waals surface area contributed by atoms with Crippen LogP contribution in [0.3, 0.4) is 0 Å². The first kappa shape index (κ1) is 17.6. The van der Waals surface area contributed by atoms with E-state index in [1.165, 1.54) is 28.1 Å². The van der Waals surface area contributed by atoms with Gasteiger partial charge < -0.3 is 14.0 Å². The molecule has 3 heteroatoms. The van der Waals surface area contributed by atoms with E-state index < -0.39 is 0 Å². The predicted octanol–water partition coefficient (Wildman–Crippen LogP) is 6.16. The summed E-state index contributed by atoms with van der Waals surface area (Å²) in [5.74, 6) is 1.80. The lowest BCUT2D eigenvalue weighted by molar-refractivity contribution is 0.235. The lowest BCUT2D eigenvalue weighted by atomic mass is 9.92. The molecular formula is C26H23NO2. The number of hydrogen-bond acceptors (Lipinski definition) is 2. The van der Waals surface area contributed by atoms with Crippen LogP contribution in [0, 0.1) is 6.92 Å². The van der Waals surface area contributed by atoms with Crippen molar-refractivity contribution in [1.82, 2.24) is 4.57 Å². The second kappa shape index (κ2) is 6.85. The summed E-state index contributed by atoms with van der Waals surface area (Å²) in [5.41, 5.74) is 8.42. The molecule has 2 heterocycles. The summed E-state index contributed by atoms with van der Waals surface area (Å²) in [4.78, 5) is 0. The average Bonchev–Trinajstić information content (AvgIpc) is 3.04. The van der Waals surface area contributed by atoms with Crippen LogP contribution in [0.25, 0.3) is 22.4 Å². The van der Waals surface area contributed by atoms with Crippen LogP contribution < -0.4 is 9.47 Å². The maximum Gasteiger partial charge on any atom is 0.164 e. The molecule has 3 nitrogen and oxygen atoms in total. The van der Waals surface area contributed by atoms with Crippen molar-refractivity contribution in [3.63, 3.8) is 0 Å². The van der Waals surface area contributed by atoms with E-state index in [1.54, 1.807) is 7.11 Å². The van der Waals surface area contributed by atoms with Crippen molar-refractivity contribution >= 4 is 0 Å². The molecule has 0 bridgehead atoms. The summed E-state index contributed by atoms with van der Waals surface area (Å²) in [6, 6.07) is 27.1. The highest BCUT2D eigenvalue weighted by Gasteiger charge is 2.33. The summed E-state index contributed by atoms with van der Waals surface area (Å²) in [5, 5.41) is 0. The molecule has 1 unspecified atom stereocenters. The second-order valence-corrected chi connectivity index (χ2v) is 7.43. The Bertz CT molecular complexity index is 1170. The van der Waals surface area contributed by atoms with E-state index in [0.29, 0.717) is 0 Å². The van der Waals surface area contributed by atoms with Gasteiger partial charge in [-0.2, -0.15) is 0 Å². The Kier molecular flexibility index (Phi) is 4.17. The van der Waals surface area contributed by atoms with Gasteiger partial charge in [-0.3, -0.25) is 0 Å². The van der Waals surface area contributed by atoms with E-state index in [2.05, 4.69) is 73.1 Å².